The topological polar surface area (TPSA) is 114 Å². The molecule has 0 bridgehead atoms. The van der Waals surface area contributed by atoms with Crippen molar-refractivity contribution in [2.24, 2.45) is 0 Å². The van der Waals surface area contributed by atoms with Crippen LogP contribution in [0, 0.1) is 0 Å². The molecule has 136 valence electrons. The highest BCUT2D eigenvalue weighted by atomic mass is 16.5. The van der Waals surface area contributed by atoms with Gasteiger partial charge in [0.15, 0.2) is 5.78 Å². The van der Waals surface area contributed by atoms with Gasteiger partial charge in [0.1, 0.15) is 11.3 Å². The molecule has 0 atom stereocenters. The number of ether oxygens (including phenoxy) is 1. The molecule has 8 nitrogen and oxygen atoms in total. The molecular weight excluding hydrogens is 350 g/mol. The Morgan fingerprint density at radius 2 is 1.89 bits per heavy atom. The van der Waals surface area contributed by atoms with Gasteiger partial charge in [-0.1, -0.05) is 18.2 Å². The van der Waals surface area contributed by atoms with Crippen LogP contribution in [0.3, 0.4) is 0 Å². The van der Waals surface area contributed by atoms with Crippen molar-refractivity contribution < 1.29 is 14.6 Å². The van der Waals surface area contributed by atoms with Gasteiger partial charge in [0.25, 0.3) is 5.56 Å². The SMILES string of the molecule is COc1ccccc1-n1c(O)c(C(=O)/C=C/c2ccncc2)c(=O)[nH]c1=O. The normalized spacial score (nSPS) is 10.9. The minimum absolute atomic E-state index is 0.186. The highest BCUT2D eigenvalue weighted by molar-refractivity contribution is 6.08. The van der Waals surface area contributed by atoms with E-state index in [4.69, 9.17) is 4.74 Å². The van der Waals surface area contributed by atoms with E-state index >= 15 is 0 Å². The highest BCUT2D eigenvalue weighted by Crippen LogP contribution is 2.25. The van der Waals surface area contributed by atoms with Crippen molar-refractivity contribution in [1.82, 2.24) is 14.5 Å². The first-order chi connectivity index (χ1) is 13.0. The lowest BCUT2D eigenvalue weighted by molar-refractivity contribution is 0.104. The predicted molar refractivity (Wildman–Crippen MR) is 98.5 cm³/mol. The number of pyridine rings is 1. The number of nitrogens with one attached hydrogen (secondary N) is 1. The van der Waals surface area contributed by atoms with Crippen LogP contribution in [0.5, 0.6) is 11.6 Å². The molecule has 0 fully saturated rings. The number of methoxy groups -OCH3 is 1. The van der Waals surface area contributed by atoms with Crippen LogP contribution in [0.15, 0.2) is 64.5 Å². The summed E-state index contributed by atoms with van der Waals surface area (Å²) >= 11 is 0. The lowest BCUT2D eigenvalue weighted by Crippen LogP contribution is -2.32. The molecule has 2 N–H and O–H groups in total. The summed E-state index contributed by atoms with van der Waals surface area (Å²) in [6.45, 7) is 0. The van der Waals surface area contributed by atoms with Crippen LogP contribution >= 0.6 is 0 Å². The monoisotopic (exact) mass is 365 g/mol. The Bertz CT molecular complexity index is 1130. The van der Waals surface area contributed by atoms with E-state index in [-0.39, 0.29) is 11.4 Å². The molecule has 0 saturated carbocycles. The van der Waals surface area contributed by atoms with E-state index in [1.807, 2.05) is 4.98 Å². The molecule has 2 heterocycles. The second-order valence-electron chi connectivity index (χ2n) is 5.44. The van der Waals surface area contributed by atoms with Gasteiger partial charge in [-0.15, -0.1) is 0 Å². The Hall–Kier alpha value is -3.94. The first-order valence-electron chi connectivity index (χ1n) is 7.87. The molecule has 8 heteroatoms. The number of ketones is 1. The number of carbonyl (C=O) groups excluding carboxylic acids is 1. The zero-order valence-electron chi connectivity index (χ0n) is 14.2. The van der Waals surface area contributed by atoms with Crippen LogP contribution in [0.2, 0.25) is 0 Å². The Kier molecular flexibility index (Phi) is 4.98. The van der Waals surface area contributed by atoms with E-state index in [1.165, 1.54) is 19.3 Å². The van der Waals surface area contributed by atoms with Crippen molar-refractivity contribution in [1.29, 1.82) is 0 Å². The summed E-state index contributed by atoms with van der Waals surface area (Å²) in [5.74, 6) is -1.24. The second-order valence-corrected chi connectivity index (χ2v) is 5.44. The number of carbonyl (C=O) groups is 1. The number of hydrogen-bond acceptors (Lipinski definition) is 6. The summed E-state index contributed by atoms with van der Waals surface area (Å²) in [6, 6.07) is 9.74. The molecule has 3 rings (SSSR count). The highest BCUT2D eigenvalue weighted by Gasteiger charge is 2.21. The summed E-state index contributed by atoms with van der Waals surface area (Å²) in [6.07, 6.45) is 5.71. The Balaban J connectivity index is 2.12. The van der Waals surface area contributed by atoms with Gasteiger partial charge in [0, 0.05) is 12.4 Å². The van der Waals surface area contributed by atoms with E-state index in [2.05, 4.69) is 4.98 Å². The van der Waals surface area contributed by atoms with E-state index < -0.39 is 28.5 Å². The fourth-order valence-electron chi connectivity index (χ4n) is 2.51. The smallest absolute Gasteiger partial charge is 0.335 e. The van der Waals surface area contributed by atoms with Gasteiger partial charge < -0.3 is 9.84 Å². The van der Waals surface area contributed by atoms with Crippen LogP contribution < -0.4 is 16.0 Å². The average molecular weight is 365 g/mol. The molecular formula is C19H15N3O5. The number of aromatic hydroxyl groups is 1. The Morgan fingerprint density at radius 3 is 2.59 bits per heavy atom. The first kappa shape index (κ1) is 17.9. The minimum Gasteiger partial charge on any atom is -0.495 e. The zero-order chi connectivity index (χ0) is 19.4. The van der Waals surface area contributed by atoms with Gasteiger partial charge in [-0.2, -0.15) is 0 Å². The first-order valence-corrected chi connectivity index (χ1v) is 7.87. The maximum absolute atomic E-state index is 12.5. The van der Waals surface area contributed by atoms with Crippen LogP contribution in [-0.4, -0.2) is 32.5 Å². The van der Waals surface area contributed by atoms with E-state index in [0.29, 0.717) is 5.56 Å². The van der Waals surface area contributed by atoms with Gasteiger partial charge in [-0.25, -0.2) is 9.36 Å². The number of benzene rings is 1. The number of nitrogens with zero attached hydrogens (tertiary/aromatic N) is 2. The van der Waals surface area contributed by atoms with Crippen molar-refractivity contribution >= 4 is 11.9 Å². The third-order valence-corrected chi connectivity index (χ3v) is 3.79. The largest absolute Gasteiger partial charge is 0.495 e. The summed E-state index contributed by atoms with van der Waals surface area (Å²) in [7, 11) is 1.40. The van der Waals surface area contributed by atoms with Crippen LogP contribution in [0.25, 0.3) is 11.8 Å². The van der Waals surface area contributed by atoms with Crippen molar-refractivity contribution in [3.63, 3.8) is 0 Å². The fourth-order valence-corrected chi connectivity index (χ4v) is 2.51. The number of aromatic amines is 1. The van der Waals surface area contributed by atoms with Crippen LogP contribution in [0.4, 0.5) is 0 Å². The molecule has 0 aliphatic carbocycles. The van der Waals surface area contributed by atoms with Gasteiger partial charge >= 0.3 is 5.69 Å². The fraction of sp³-hybridized carbons (Fsp3) is 0.0526. The molecule has 3 aromatic rings. The number of rotatable bonds is 5. The van der Waals surface area contributed by atoms with Crippen molar-refractivity contribution in [2.45, 2.75) is 0 Å². The van der Waals surface area contributed by atoms with Gasteiger partial charge in [-0.3, -0.25) is 19.6 Å². The quantitative estimate of drug-likeness (QED) is 0.523. The van der Waals surface area contributed by atoms with Crippen LogP contribution in [0.1, 0.15) is 15.9 Å². The predicted octanol–water partition coefficient (Wildman–Crippen LogP) is 1.53. The second kappa shape index (κ2) is 7.52. The number of hydrogen-bond donors (Lipinski definition) is 2. The maximum atomic E-state index is 12.5. The molecule has 0 saturated heterocycles. The lowest BCUT2D eigenvalue weighted by Gasteiger charge is -2.13. The zero-order valence-corrected chi connectivity index (χ0v) is 14.2. The number of aromatic nitrogens is 3. The number of para-hydroxylation sites is 2. The van der Waals surface area contributed by atoms with E-state index in [1.54, 1.807) is 42.7 Å². The molecule has 0 radical (unpaired) electrons. The van der Waals surface area contributed by atoms with E-state index in [9.17, 15) is 19.5 Å². The molecule has 1 aromatic carbocycles. The van der Waals surface area contributed by atoms with Crippen LogP contribution in [-0.2, 0) is 0 Å². The third kappa shape index (κ3) is 3.54. The average Bonchev–Trinajstić information content (AvgIpc) is 2.67. The molecule has 27 heavy (non-hydrogen) atoms. The molecule has 0 amide bonds. The van der Waals surface area contributed by atoms with Gasteiger partial charge in [0.2, 0.25) is 5.88 Å². The minimum atomic E-state index is -0.979. The Labute approximate surface area is 153 Å². The van der Waals surface area contributed by atoms with Crippen molar-refractivity contribution in [3.8, 4) is 17.3 Å². The van der Waals surface area contributed by atoms with Gasteiger partial charge in [-0.05, 0) is 35.9 Å². The summed E-state index contributed by atoms with van der Waals surface area (Å²) in [5.41, 5.74) is -1.55. The molecule has 2 aromatic heterocycles. The summed E-state index contributed by atoms with van der Waals surface area (Å²) in [5, 5.41) is 10.5. The molecule has 0 spiro atoms. The molecule has 0 unspecified atom stereocenters. The molecule has 0 aliphatic rings. The summed E-state index contributed by atoms with van der Waals surface area (Å²) < 4.78 is 5.99. The number of allylic oxidation sites excluding steroid dienone is 1. The van der Waals surface area contributed by atoms with Crippen molar-refractivity contribution in [3.05, 3.63) is 86.8 Å². The number of H-pyrrole nitrogens is 1. The van der Waals surface area contributed by atoms with Crippen molar-refractivity contribution in [2.75, 3.05) is 7.11 Å². The summed E-state index contributed by atoms with van der Waals surface area (Å²) in [4.78, 5) is 42.8. The van der Waals surface area contributed by atoms with E-state index in [0.717, 1.165) is 10.6 Å². The molecule has 0 aliphatic heterocycles. The Morgan fingerprint density at radius 1 is 1.19 bits per heavy atom. The maximum Gasteiger partial charge on any atom is 0.335 e. The third-order valence-electron chi connectivity index (χ3n) is 3.79. The standard InChI is InChI=1S/C19H15N3O5/c1-27-15-5-3-2-4-13(15)22-18(25)16(17(24)21-19(22)26)14(23)7-6-12-8-10-20-11-9-12/h2-11,25H,1H3,(H,21,24,26)/b7-6+. The van der Waals surface area contributed by atoms with Gasteiger partial charge in [0.05, 0.1) is 12.8 Å². The lowest BCUT2D eigenvalue weighted by atomic mass is 10.1.